The Hall–Kier alpha value is -3.69. The molecule has 0 spiro atoms. The molecule has 3 N–H and O–H groups in total. The molecular weight excluding hydrogens is 547 g/mol. The van der Waals surface area contributed by atoms with Gasteiger partial charge in [0.1, 0.15) is 24.0 Å². The second-order valence-corrected chi connectivity index (χ2v) is 10.9. The molecule has 11 heteroatoms. The first kappa shape index (κ1) is 27.9. The molecule has 1 aliphatic carbocycles. The second kappa shape index (κ2) is 13.6. The number of aromatic nitrogens is 5. The van der Waals surface area contributed by atoms with E-state index in [4.69, 9.17) is 28.2 Å². The molecule has 0 radical (unpaired) electrons. The minimum absolute atomic E-state index is 0.107. The first-order valence-electron chi connectivity index (χ1n) is 13.5. The Kier molecular flexibility index (Phi) is 9.46. The van der Waals surface area contributed by atoms with Crippen LogP contribution in [0.4, 0.5) is 11.8 Å². The third kappa shape index (κ3) is 7.70. The highest BCUT2D eigenvalue weighted by Crippen LogP contribution is 2.29. The number of pyridine rings is 1. The van der Waals surface area contributed by atoms with E-state index >= 15 is 0 Å². The Morgan fingerprint density at radius 3 is 2.65 bits per heavy atom. The zero-order valence-corrected chi connectivity index (χ0v) is 23.6. The molecule has 0 saturated heterocycles. The Morgan fingerprint density at radius 1 is 1.02 bits per heavy atom. The van der Waals surface area contributed by atoms with Crippen LogP contribution in [-0.4, -0.2) is 36.5 Å². The number of hydrogen-bond acceptors (Lipinski definition) is 7. The van der Waals surface area contributed by atoms with E-state index in [0.29, 0.717) is 53.1 Å². The minimum atomic E-state index is -0.481. The summed E-state index contributed by atoms with van der Waals surface area (Å²) in [6, 6.07) is 10.5. The van der Waals surface area contributed by atoms with Crippen LogP contribution < -0.4 is 16.0 Å². The molecule has 1 aliphatic rings. The van der Waals surface area contributed by atoms with E-state index in [9.17, 15) is 4.79 Å². The smallest absolute Gasteiger partial charge is 0.242 e. The number of hydrogen-bond donors (Lipinski definition) is 3. The van der Waals surface area contributed by atoms with Gasteiger partial charge in [-0.05, 0) is 41.7 Å². The van der Waals surface area contributed by atoms with E-state index in [0.717, 1.165) is 24.0 Å². The van der Waals surface area contributed by atoms with Crippen LogP contribution in [0.3, 0.4) is 0 Å². The van der Waals surface area contributed by atoms with Crippen LogP contribution in [0.25, 0.3) is 5.82 Å². The maximum absolute atomic E-state index is 13.6. The van der Waals surface area contributed by atoms with Crippen LogP contribution in [0, 0.1) is 5.92 Å². The van der Waals surface area contributed by atoms with Gasteiger partial charge in [-0.2, -0.15) is 9.97 Å². The third-order valence-corrected chi connectivity index (χ3v) is 7.64. The van der Waals surface area contributed by atoms with Gasteiger partial charge in [0.25, 0.3) is 0 Å². The summed E-state index contributed by atoms with van der Waals surface area (Å²) in [7, 11) is 0. The van der Waals surface area contributed by atoms with Crippen molar-refractivity contribution in [2.75, 3.05) is 10.6 Å². The van der Waals surface area contributed by atoms with Crippen LogP contribution in [0.15, 0.2) is 67.5 Å². The molecule has 1 fully saturated rings. The summed E-state index contributed by atoms with van der Waals surface area (Å²) < 4.78 is 1.81. The van der Waals surface area contributed by atoms with Crippen molar-refractivity contribution in [2.24, 2.45) is 5.92 Å². The van der Waals surface area contributed by atoms with Crippen molar-refractivity contribution in [1.29, 1.82) is 0 Å². The number of halogens is 2. The number of carbonyl (C=O) groups excluding carboxylic acids is 1. The Morgan fingerprint density at radius 2 is 1.90 bits per heavy atom. The van der Waals surface area contributed by atoms with Gasteiger partial charge in [0.15, 0.2) is 0 Å². The van der Waals surface area contributed by atoms with Gasteiger partial charge in [0.2, 0.25) is 11.9 Å². The van der Waals surface area contributed by atoms with Crippen LogP contribution in [0.5, 0.6) is 0 Å². The van der Waals surface area contributed by atoms with Crippen molar-refractivity contribution in [3.63, 3.8) is 0 Å². The van der Waals surface area contributed by atoms with Crippen LogP contribution in [0.1, 0.15) is 49.7 Å². The maximum Gasteiger partial charge on any atom is 0.242 e. The lowest BCUT2D eigenvalue weighted by Gasteiger charge is -2.27. The van der Waals surface area contributed by atoms with E-state index in [-0.39, 0.29) is 5.91 Å². The van der Waals surface area contributed by atoms with Gasteiger partial charge in [0.05, 0.1) is 0 Å². The Balaban J connectivity index is 1.36. The molecule has 3 heterocycles. The molecule has 1 atom stereocenters. The molecule has 1 aromatic carbocycles. The fraction of sp³-hybridized carbons (Fsp3) is 0.345. The highest BCUT2D eigenvalue weighted by atomic mass is 35.5. The fourth-order valence-electron chi connectivity index (χ4n) is 4.93. The van der Waals surface area contributed by atoms with Gasteiger partial charge in [-0.1, -0.05) is 67.4 Å². The highest BCUT2D eigenvalue weighted by molar-refractivity contribution is 6.35. The fourth-order valence-corrected chi connectivity index (χ4v) is 5.41. The van der Waals surface area contributed by atoms with Gasteiger partial charge in [0, 0.05) is 54.0 Å². The molecular formula is C29H32Cl2N8O. The number of benzene rings is 1. The third-order valence-electron chi connectivity index (χ3n) is 7.06. The van der Waals surface area contributed by atoms with Gasteiger partial charge < -0.3 is 16.0 Å². The lowest BCUT2D eigenvalue weighted by atomic mass is 9.84. The molecule has 3 aromatic heterocycles. The quantitative estimate of drug-likeness (QED) is 0.199. The van der Waals surface area contributed by atoms with E-state index in [1.54, 1.807) is 41.6 Å². The van der Waals surface area contributed by atoms with Gasteiger partial charge in [-0.25, -0.2) is 4.98 Å². The summed E-state index contributed by atoms with van der Waals surface area (Å²) in [6.45, 7) is 0.814. The van der Waals surface area contributed by atoms with Crippen molar-refractivity contribution in [1.82, 2.24) is 29.8 Å². The Bertz CT molecular complexity index is 1390. The molecule has 1 amide bonds. The molecule has 40 heavy (non-hydrogen) atoms. The monoisotopic (exact) mass is 578 g/mol. The average molecular weight is 580 g/mol. The molecule has 4 aromatic rings. The number of nitrogens with one attached hydrogen (secondary N) is 3. The lowest BCUT2D eigenvalue weighted by Crippen LogP contribution is -2.41. The molecule has 9 nitrogen and oxygen atoms in total. The second-order valence-electron chi connectivity index (χ2n) is 10.0. The van der Waals surface area contributed by atoms with Crippen LogP contribution in [0.2, 0.25) is 10.0 Å². The Labute approximate surface area is 243 Å². The van der Waals surface area contributed by atoms with Crippen molar-refractivity contribution in [2.45, 2.75) is 57.7 Å². The predicted molar refractivity (Wildman–Crippen MR) is 158 cm³/mol. The van der Waals surface area contributed by atoms with Crippen molar-refractivity contribution in [3.8, 4) is 5.82 Å². The van der Waals surface area contributed by atoms with E-state index in [1.807, 2.05) is 30.5 Å². The van der Waals surface area contributed by atoms with E-state index in [2.05, 4.69) is 30.9 Å². The molecule has 0 bridgehead atoms. The summed E-state index contributed by atoms with van der Waals surface area (Å²) in [5, 5.41) is 10.8. The van der Waals surface area contributed by atoms with Crippen molar-refractivity contribution >= 4 is 40.9 Å². The minimum Gasteiger partial charge on any atom is -0.358 e. The average Bonchev–Trinajstić information content (AvgIpc) is 3.52. The summed E-state index contributed by atoms with van der Waals surface area (Å²) in [6.07, 6.45) is 15.3. The normalized spacial score (nSPS) is 14.4. The number of anilines is 2. The number of rotatable bonds is 11. The van der Waals surface area contributed by atoms with E-state index in [1.165, 1.54) is 19.3 Å². The van der Waals surface area contributed by atoms with Crippen LogP contribution in [-0.2, 0) is 17.9 Å². The lowest BCUT2D eigenvalue weighted by molar-refractivity contribution is -0.122. The number of imidazole rings is 1. The van der Waals surface area contributed by atoms with Gasteiger partial charge in [-0.15, -0.1) is 0 Å². The standard InChI is InChI=1S/C29H32Cl2N8O/c30-23-9-8-22(24(31)14-23)18-34-28(40)25(13-20-5-2-1-3-6-20)36-26-15-27(39-12-11-33-19-39)38-29(37-26)35-17-21-7-4-10-32-16-21/h4,7-12,14-16,19-20,25H,1-3,5-6,13,17-18H2,(H,34,40)(H2,35,36,37,38). The summed E-state index contributed by atoms with van der Waals surface area (Å²) >= 11 is 12.4. The predicted octanol–water partition coefficient (Wildman–Crippen LogP) is 6.04. The van der Waals surface area contributed by atoms with E-state index < -0.39 is 6.04 Å². The largest absolute Gasteiger partial charge is 0.358 e. The maximum atomic E-state index is 13.6. The molecule has 0 aliphatic heterocycles. The highest BCUT2D eigenvalue weighted by Gasteiger charge is 2.25. The number of carbonyl (C=O) groups is 1. The van der Waals surface area contributed by atoms with Crippen molar-refractivity contribution in [3.05, 3.63) is 88.7 Å². The molecule has 5 rings (SSSR count). The van der Waals surface area contributed by atoms with Crippen molar-refractivity contribution < 1.29 is 4.79 Å². The number of amides is 1. The molecule has 1 unspecified atom stereocenters. The zero-order valence-electron chi connectivity index (χ0n) is 22.1. The van der Waals surface area contributed by atoms with Gasteiger partial charge in [-0.3, -0.25) is 14.3 Å². The zero-order chi connectivity index (χ0) is 27.7. The SMILES string of the molecule is O=C(NCc1ccc(Cl)cc1Cl)C(CC1CCCCC1)Nc1cc(-n2ccnc2)nc(NCc2cccnc2)n1. The molecule has 208 valence electrons. The summed E-state index contributed by atoms with van der Waals surface area (Å²) in [5.74, 6) is 1.97. The topological polar surface area (TPSA) is 110 Å². The molecule has 1 saturated carbocycles. The van der Waals surface area contributed by atoms with Gasteiger partial charge >= 0.3 is 0 Å². The number of nitrogens with zero attached hydrogens (tertiary/aromatic N) is 5. The first-order chi connectivity index (χ1) is 19.5. The summed E-state index contributed by atoms with van der Waals surface area (Å²) in [4.78, 5) is 31.3. The summed E-state index contributed by atoms with van der Waals surface area (Å²) in [5.41, 5.74) is 1.81. The first-order valence-corrected chi connectivity index (χ1v) is 14.3. The van der Waals surface area contributed by atoms with Crippen LogP contribution >= 0.6 is 23.2 Å².